The molecular formula is C26H33FN2O2S. The van der Waals surface area contributed by atoms with Crippen molar-refractivity contribution in [2.75, 3.05) is 11.9 Å². The van der Waals surface area contributed by atoms with Gasteiger partial charge in [0.25, 0.3) is 11.8 Å². The minimum absolute atomic E-state index is 0.00354. The van der Waals surface area contributed by atoms with Crippen LogP contribution < -0.4 is 5.32 Å². The van der Waals surface area contributed by atoms with Crippen LogP contribution in [0.15, 0.2) is 24.3 Å². The average molecular weight is 457 g/mol. The largest absolute Gasteiger partial charge is 0.336 e. The summed E-state index contributed by atoms with van der Waals surface area (Å²) in [4.78, 5) is 29.8. The lowest BCUT2D eigenvalue weighted by Gasteiger charge is -2.35. The number of benzene rings is 1. The minimum atomic E-state index is -0.559. The third-order valence-electron chi connectivity index (χ3n) is 7.11. The summed E-state index contributed by atoms with van der Waals surface area (Å²) >= 11 is 1.50. The fourth-order valence-corrected chi connectivity index (χ4v) is 6.31. The number of nitrogens with one attached hydrogen (secondary N) is 1. The summed E-state index contributed by atoms with van der Waals surface area (Å²) in [6.07, 6.45) is 5.93. The summed E-state index contributed by atoms with van der Waals surface area (Å²) in [5.41, 5.74) is 1.90. The highest BCUT2D eigenvalue weighted by Crippen LogP contribution is 2.45. The molecule has 0 spiro atoms. The van der Waals surface area contributed by atoms with Crippen LogP contribution >= 0.6 is 11.3 Å². The van der Waals surface area contributed by atoms with E-state index in [0.29, 0.717) is 16.5 Å². The predicted octanol–water partition coefficient (Wildman–Crippen LogP) is 6.31. The maximum atomic E-state index is 14.2. The normalized spacial score (nSPS) is 21.2. The molecule has 2 aromatic rings. The molecule has 1 fully saturated rings. The molecule has 1 aliphatic heterocycles. The molecule has 6 heteroatoms. The number of carbonyl (C=O) groups is 2. The van der Waals surface area contributed by atoms with Crippen molar-refractivity contribution in [2.45, 2.75) is 72.3 Å². The summed E-state index contributed by atoms with van der Waals surface area (Å²) in [5.74, 6) is -0.528. The number of thiophene rings is 1. The van der Waals surface area contributed by atoms with Crippen LogP contribution in [0.2, 0.25) is 0 Å². The SMILES string of the molecule is C[C@@H]1CCCCN1C(=O)c1c(NC(=O)c2ccccc2F)sc2c1CC[C@H](C(C)(C)C)C2. The molecule has 1 aliphatic carbocycles. The summed E-state index contributed by atoms with van der Waals surface area (Å²) in [5, 5.41) is 3.48. The number of likely N-dealkylation sites (tertiary alicyclic amines) is 1. The van der Waals surface area contributed by atoms with E-state index in [0.717, 1.165) is 50.6 Å². The Morgan fingerprint density at radius 3 is 2.59 bits per heavy atom. The van der Waals surface area contributed by atoms with Crippen molar-refractivity contribution in [1.82, 2.24) is 4.90 Å². The van der Waals surface area contributed by atoms with Crippen molar-refractivity contribution < 1.29 is 14.0 Å². The molecule has 2 heterocycles. The number of halogens is 1. The molecule has 2 amide bonds. The summed E-state index contributed by atoms with van der Waals surface area (Å²) in [6.45, 7) is 9.63. The average Bonchev–Trinajstić information content (AvgIpc) is 3.10. The number of nitrogens with zero attached hydrogens (tertiary/aromatic N) is 1. The van der Waals surface area contributed by atoms with E-state index in [1.807, 2.05) is 4.90 Å². The van der Waals surface area contributed by atoms with Gasteiger partial charge in [-0.25, -0.2) is 4.39 Å². The number of carbonyl (C=O) groups excluding carboxylic acids is 2. The number of anilines is 1. The lowest BCUT2D eigenvalue weighted by molar-refractivity contribution is 0.0635. The second-order valence-corrected chi connectivity index (χ2v) is 11.4. The fraction of sp³-hybridized carbons (Fsp3) is 0.538. The number of hydrogen-bond acceptors (Lipinski definition) is 3. The molecule has 2 aliphatic rings. The number of amides is 2. The van der Waals surface area contributed by atoms with E-state index in [4.69, 9.17) is 0 Å². The van der Waals surface area contributed by atoms with Gasteiger partial charge in [-0.1, -0.05) is 32.9 Å². The third kappa shape index (κ3) is 4.47. The van der Waals surface area contributed by atoms with Gasteiger partial charge in [-0.3, -0.25) is 9.59 Å². The third-order valence-corrected chi connectivity index (χ3v) is 8.28. The highest BCUT2D eigenvalue weighted by Gasteiger charge is 2.36. The van der Waals surface area contributed by atoms with Crippen LogP contribution in [0.4, 0.5) is 9.39 Å². The van der Waals surface area contributed by atoms with Crippen LogP contribution in [0.5, 0.6) is 0 Å². The van der Waals surface area contributed by atoms with Gasteiger partial charge >= 0.3 is 0 Å². The smallest absolute Gasteiger partial charge is 0.259 e. The van der Waals surface area contributed by atoms with Crippen LogP contribution in [0.3, 0.4) is 0 Å². The maximum Gasteiger partial charge on any atom is 0.259 e. The fourth-order valence-electron chi connectivity index (χ4n) is 5.00. The van der Waals surface area contributed by atoms with Crippen molar-refractivity contribution in [3.63, 3.8) is 0 Å². The number of piperidine rings is 1. The first kappa shape index (κ1) is 23.0. The van der Waals surface area contributed by atoms with E-state index in [1.165, 1.54) is 28.3 Å². The lowest BCUT2D eigenvalue weighted by Crippen LogP contribution is -2.42. The first-order valence-electron chi connectivity index (χ1n) is 11.7. The van der Waals surface area contributed by atoms with Crippen LogP contribution in [0, 0.1) is 17.2 Å². The van der Waals surface area contributed by atoms with Crippen molar-refractivity contribution in [3.05, 3.63) is 51.7 Å². The quantitative estimate of drug-likeness (QED) is 0.589. The monoisotopic (exact) mass is 456 g/mol. The van der Waals surface area contributed by atoms with Crippen LogP contribution in [0.25, 0.3) is 0 Å². The molecule has 0 bridgehead atoms. The molecule has 32 heavy (non-hydrogen) atoms. The molecule has 1 aromatic carbocycles. The Hall–Kier alpha value is -2.21. The first-order chi connectivity index (χ1) is 15.2. The molecule has 0 saturated carbocycles. The lowest BCUT2D eigenvalue weighted by atomic mass is 9.72. The van der Waals surface area contributed by atoms with Crippen molar-refractivity contribution in [1.29, 1.82) is 0 Å². The van der Waals surface area contributed by atoms with Gasteiger partial charge in [0.1, 0.15) is 10.8 Å². The Morgan fingerprint density at radius 1 is 1.16 bits per heavy atom. The standard InChI is InChI=1S/C26H33FN2O2S/c1-16-9-7-8-14-29(16)25(31)22-19-13-12-17(26(2,3)4)15-21(19)32-24(22)28-23(30)18-10-5-6-11-20(18)27/h5-6,10-11,16-17H,7-9,12-15H2,1-4H3,(H,28,30)/t16-,17+/m1/s1. The van der Waals surface area contributed by atoms with E-state index >= 15 is 0 Å². The number of rotatable bonds is 3. The van der Waals surface area contributed by atoms with E-state index < -0.39 is 11.7 Å². The highest BCUT2D eigenvalue weighted by molar-refractivity contribution is 7.17. The Balaban J connectivity index is 1.71. The molecule has 1 N–H and O–H groups in total. The van der Waals surface area contributed by atoms with E-state index in [9.17, 15) is 14.0 Å². The van der Waals surface area contributed by atoms with Crippen LogP contribution in [0.1, 0.15) is 84.5 Å². The van der Waals surface area contributed by atoms with Crippen LogP contribution in [-0.2, 0) is 12.8 Å². The van der Waals surface area contributed by atoms with E-state index in [2.05, 4.69) is 33.0 Å². The number of fused-ring (bicyclic) bond motifs is 1. The van der Waals surface area contributed by atoms with Crippen molar-refractivity contribution in [3.8, 4) is 0 Å². The maximum absolute atomic E-state index is 14.2. The molecule has 2 atom stereocenters. The molecule has 172 valence electrons. The summed E-state index contributed by atoms with van der Waals surface area (Å²) < 4.78 is 14.2. The molecule has 4 rings (SSSR count). The molecule has 0 unspecified atom stereocenters. The zero-order valence-electron chi connectivity index (χ0n) is 19.5. The molecule has 1 aromatic heterocycles. The van der Waals surface area contributed by atoms with Crippen molar-refractivity contribution >= 4 is 28.2 Å². The van der Waals surface area contributed by atoms with Crippen molar-refractivity contribution in [2.24, 2.45) is 11.3 Å². The van der Waals surface area contributed by atoms with Gasteiger partial charge in [0.05, 0.1) is 11.1 Å². The van der Waals surface area contributed by atoms with Gasteiger partial charge in [-0.2, -0.15) is 0 Å². The van der Waals surface area contributed by atoms with E-state index in [-0.39, 0.29) is 22.9 Å². The highest BCUT2D eigenvalue weighted by atomic mass is 32.1. The topological polar surface area (TPSA) is 49.4 Å². The molecule has 0 radical (unpaired) electrons. The predicted molar refractivity (Wildman–Crippen MR) is 128 cm³/mol. The van der Waals surface area contributed by atoms with Gasteiger partial charge in [-0.05, 0) is 74.5 Å². The summed E-state index contributed by atoms with van der Waals surface area (Å²) in [7, 11) is 0. The van der Waals surface area contributed by atoms with Gasteiger partial charge in [-0.15, -0.1) is 11.3 Å². The van der Waals surface area contributed by atoms with Gasteiger partial charge < -0.3 is 10.2 Å². The first-order valence-corrected chi connectivity index (χ1v) is 12.5. The van der Waals surface area contributed by atoms with E-state index in [1.54, 1.807) is 12.1 Å². The number of hydrogen-bond donors (Lipinski definition) is 1. The van der Waals surface area contributed by atoms with Crippen LogP contribution in [-0.4, -0.2) is 29.3 Å². The summed E-state index contributed by atoms with van der Waals surface area (Å²) in [6, 6.07) is 6.15. The Bertz CT molecular complexity index is 1020. The Morgan fingerprint density at radius 2 is 1.91 bits per heavy atom. The molecule has 4 nitrogen and oxygen atoms in total. The molecular weight excluding hydrogens is 423 g/mol. The van der Waals surface area contributed by atoms with Gasteiger partial charge in [0.15, 0.2) is 0 Å². The molecule has 1 saturated heterocycles. The second kappa shape index (κ2) is 8.97. The zero-order chi connectivity index (χ0) is 23.0. The second-order valence-electron chi connectivity index (χ2n) is 10.3. The van der Waals surface area contributed by atoms with Gasteiger partial charge in [0, 0.05) is 17.5 Å². The van der Waals surface area contributed by atoms with Gasteiger partial charge in [0.2, 0.25) is 0 Å². The Kier molecular flexibility index (Phi) is 6.44. The zero-order valence-corrected chi connectivity index (χ0v) is 20.3. The minimum Gasteiger partial charge on any atom is -0.336 e. The Labute approximate surface area is 194 Å².